The highest BCUT2D eigenvalue weighted by molar-refractivity contribution is 9.10. The number of piperidine rings is 1. The summed E-state index contributed by atoms with van der Waals surface area (Å²) in [7, 11) is 0. The van der Waals surface area contributed by atoms with E-state index in [2.05, 4.69) is 59.8 Å². The van der Waals surface area contributed by atoms with Crippen LogP contribution in [0.15, 0.2) is 22.7 Å². The SMILES string of the molecule is Cc1ccc(N2CC(CN)CCC2(C)C)c(Br)c1. The first-order valence-corrected chi connectivity index (χ1v) is 7.47. The first-order valence-electron chi connectivity index (χ1n) is 6.68. The molecule has 2 nitrogen and oxygen atoms in total. The molecule has 1 saturated heterocycles. The standard InChI is InChI=1S/C15H23BrN2/c1-11-4-5-14(13(16)8-11)18-10-12(9-17)6-7-15(18,2)3/h4-5,8,12H,6-7,9-10,17H2,1-3H3. The van der Waals surface area contributed by atoms with Crippen molar-refractivity contribution in [1.29, 1.82) is 0 Å². The van der Waals surface area contributed by atoms with Crippen molar-refractivity contribution >= 4 is 21.6 Å². The van der Waals surface area contributed by atoms with Crippen LogP contribution in [0.25, 0.3) is 0 Å². The van der Waals surface area contributed by atoms with Crippen molar-refractivity contribution in [2.24, 2.45) is 11.7 Å². The molecular formula is C15H23BrN2. The van der Waals surface area contributed by atoms with Gasteiger partial charge in [-0.2, -0.15) is 0 Å². The van der Waals surface area contributed by atoms with E-state index in [1.807, 2.05) is 0 Å². The number of hydrogen-bond donors (Lipinski definition) is 1. The summed E-state index contributed by atoms with van der Waals surface area (Å²) < 4.78 is 1.19. The van der Waals surface area contributed by atoms with Crippen LogP contribution in [0.3, 0.4) is 0 Å². The van der Waals surface area contributed by atoms with Gasteiger partial charge in [-0.15, -0.1) is 0 Å². The molecule has 3 heteroatoms. The summed E-state index contributed by atoms with van der Waals surface area (Å²) in [6.07, 6.45) is 2.44. The lowest BCUT2D eigenvalue weighted by molar-refractivity contribution is 0.294. The van der Waals surface area contributed by atoms with Crippen LogP contribution in [0.4, 0.5) is 5.69 Å². The zero-order chi connectivity index (χ0) is 13.3. The molecule has 0 radical (unpaired) electrons. The topological polar surface area (TPSA) is 29.3 Å². The smallest absolute Gasteiger partial charge is 0.0515 e. The van der Waals surface area contributed by atoms with Gasteiger partial charge in [0, 0.05) is 16.6 Å². The number of halogens is 1. The molecular weight excluding hydrogens is 288 g/mol. The predicted octanol–water partition coefficient (Wildman–Crippen LogP) is 3.71. The molecule has 0 aliphatic carbocycles. The minimum Gasteiger partial charge on any atom is -0.365 e. The maximum atomic E-state index is 5.86. The molecule has 1 aromatic carbocycles. The van der Waals surface area contributed by atoms with Crippen molar-refractivity contribution in [3.8, 4) is 0 Å². The molecule has 1 aliphatic rings. The molecule has 18 heavy (non-hydrogen) atoms. The molecule has 0 saturated carbocycles. The number of hydrogen-bond acceptors (Lipinski definition) is 2. The van der Waals surface area contributed by atoms with E-state index in [4.69, 9.17) is 5.73 Å². The second-order valence-corrected chi connectivity index (χ2v) is 6.87. The molecule has 0 amide bonds. The highest BCUT2D eigenvalue weighted by atomic mass is 79.9. The van der Waals surface area contributed by atoms with Gasteiger partial charge in [-0.3, -0.25) is 0 Å². The van der Waals surface area contributed by atoms with Crippen molar-refractivity contribution in [2.45, 2.75) is 39.2 Å². The highest BCUT2D eigenvalue weighted by Crippen LogP contribution is 2.38. The number of anilines is 1. The monoisotopic (exact) mass is 310 g/mol. The second kappa shape index (κ2) is 5.22. The van der Waals surface area contributed by atoms with E-state index < -0.39 is 0 Å². The van der Waals surface area contributed by atoms with E-state index in [-0.39, 0.29) is 5.54 Å². The zero-order valence-electron chi connectivity index (χ0n) is 11.5. The van der Waals surface area contributed by atoms with E-state index in [9.17, 15) is 0 Å². The van der Waals surface area contributed by atoms with E-state index in [1.54, 1.807) is 0 Å². The summed E-state index contributed by atoms with van der Waals surface area (Å²) in [5.41, 5.74) is 8.65. The van der Waals surface area contributed by atoms with Crippen LogP contribution < -0.4 is 10.6 Å². The molecule has 0 spiro atoms. The number of nitrogens with zero attached hydrogens (tertiary/aromatic N) is 1. The fraction of sp³-hybridized carbons (Fsp3) is 0.600. The van der Waals surface area contributed by atoms with Crippen LogP contribution in [0.1, 0.15) is 32.3 Å². The zero-order valence-corrected chi connectivity index (χ0v) is 13.1. The van der Waals surface area contributed by atoms with Crippen LogP contribution >= 0.6 is 15.9 Å². The van der Waals surface area contributed by atoms with Gasteiger partial charge in [0.1, 0.15) is 0 Å². The third kappa shape index (κ3) is 2.72. The van der Waals surface area contributed by atoms with Crippen molar-refractivity contribution in [3.05, 3.63) is 28.2 Å². The highest BCUT2D eigenvalue weighted by Gasteiger charge is 2.34. The lowest BCUT2D eigenvalue weighted by Gasteiger charge is -2.47. The Hall–Kier alpha value is -0.540. The molecule has 1 aromatic rings. The first-order chi connectivity index (χ1) is 8.44. The van der Waals surface area contributed by atoms with Crippen LogP contribution in [0, 0.1) is 12.8 Å². The number of nitrogens with two attached hydrogens (primary N) is 1. The summed E-state index contributed by atoms with van der Waals surface area (Å²) in [4.78, 5) is 2.51. The summed E-state index contributed by atoms with van der Waals surface area (Å²) in [6, 6.07) is 6.60. The van der Waals surface area contributed by atoms with Crippen molar-refractivity contribution in [3.63, 3.8) is 0 Å². The molecule has 0 aromatic heterocycles. The largest absolute Gasteiger partial charge is 0.365 e. The maximum absolute atomic E-state index is 5.86. The van der Waals surface area contributed by atoms with Crippen LogP contribution in [0.2, 0.25) is 0 Å². The summed E-state index contributed by atoms with van der Waals surface area (Å²) in [5, 5.41) is 0. The van der Waals surface area contributed by atoms with Crippen molar-refractivity contribution in [1.82, 2.24) is 0 Å². The Bertz CT molecular complexity index is 429. The molecule has 0 bridgehead atoms. The summed E-state index contributed by atoms with van der Waals surface area (Å²) >= 11 is 3.70. The molecule has 2 N–H and O–H groups in total. The van der Waals surface area contributed by atoms with E-state index in [0.29, 0.717) is 5.92 Å². The third-order valence-electron chi connectivity index (χ3n) is 4.06. The van der Waals surface area contributed by atoms with Gasteiger partial charge in [-0.05, 0) is 79.7 Å². The van der Waals surface area contributed by atoms with E-state index >= 15 is 0 Å². The summed E-state index contributed by atoms with van der Waals surface area (Å²) in [6.45, 7) is 8.62. The van der Waals surface area contributed by atoms with Gasteiger partial charge in [-0.1, -0.05) is 6.07 Å². The number of benzene rings is 1. The Labute approximate surface area is 119 Å². The molecule has 1 fully saturated rings. The fourth-order valence-electron chi connectivity index (χ4n) is 2.74. The normalized spacial score (nSPS) is 23.2. The second-order valence-electron chi connectivity index (χ2n) is 6.02. The van der Waals surface area contributed by atoms with Gasteiger partial charge in [0.2, 0.25) is 0 Å². The van der Waals surface area contributed by atoms with Crippen LogP contribution in [-0.4, -0.2) is 18.6 Å². The average molecular weight is 311 g/mol. The fourth-order valence-corrected chi connectivity index (χ4v) is 3.44. The van der Waals surface area contributed by atoms with Gasteiger partial charge in [0.15, 0.2) is 0 Å². The van der Waals surface area contributed by atoms with Crippen molar-refractivity contribution < 1.29 is 0 Å². The van der Waals surface area contributed by atoms with Crippen molar-refractivity contribution in [2.75, 3.05) is 18.0 Å². The minimum absolute atomic E-state index is 0.212. The Kier molecular flexibility index (Phi) is 4.02. The van der Waals surface area contributed by atoms with Gasteiger partial charge in [-0.25, -0.2) is 0 Å². The molecule has 1 atom stereocenters. The maximum Gasteiger partial charge on any atom is 0.0515 e. The Morgan fingerprint density at radius 1 is 1.44 bits per heavy atom. The molecule has 1 unspecified atom stereocenters. The molecule has 1 heterocycles. The molecule has 1 aliphatic heterocycles. The summed E-state index contributed by atoms with van der Waals surface area (Å²) in [5.74, 6) is 0.617. The third-order valence-corrected chi connectivity index (χ3v) is 4.70. The number of rotatable bonds is 2. The van der Waals surface area contributed by atoms with Gasteiger partial charge in [0.25, 0.3) is 0 Å². The van der Waals surface area contributed by atoms with Crippen LogP contribution in [-0.2, 0) is 0 Å². The number of aryl methyl sites for hydroxylation is 1. The predicted molar refractivity (Wildman–Crippen MR) is 82.1 cm³/mol. The molecule has 2 rings (SSSR count). The quantitative estimate of drug-likeness (QED) is 0.902. The van der Waals surface area contributed by atoms with E-state index in [0.717, 1.165) is 13.1 Å². The Morgan fingerprint density at radius 3 is 2.78 bits per heavy atom. The van der Waals surface area contributed by atoms with E-state index in [1.165, 1.54) is 28.6 Å². The first kappa shape index (κ1) is 13.9. The van der Waals surface area contributed by atoms with Crippen LogP contribution in [0.5, 0.6) is 0 Å². The Balaban J connectivity index is 2.33. The van der Waals surface area contributed by atoms with Gasteiger partial charge < -0.3 is 10.6 Å². The minimum atomic E-state index is 0.212. The lowest BCUT2D eigenvalue weighted by atomic mass is 9.84. The average Bonchev–Trinajstić information content (AvgIpc) is 2.30. The molecule has 100 valence electrons. The van der Waals surface area contributed by atoms with Gasteiger partial charge in [0.05, 0.1) is 5.69 Å². The Morgan fingerprint density at radius 2 is 2.17 bits per heavy atom. The lowest BCUT2D eigenvalue weighted by Crippen LogP contribution is -2.52. The van der Waals surface area contributed by atoms with Gasteiger partial charge >= 0.3 is 0 Å².